The molecule has 2 rings (SSSR count). The molecule has 0 heterocycles. The summed E-state index contributed by atoms with van der Waals surface area (Å²) in [5.74, 6) is 0.223. The van der Waals surface area contributed by atoms with E-state index in [0.29, 0.717) is 5.57 Å². The first-order valence-electron chi connectivity index (χ1n) is 5.26. The Hall–Kier alpha value is -2.53. The van der Waals surface area contributed by atoms with Gasteiger partial charge in [-0.1, -0.05) is 42.5 Å². The van der Waals surface area contributed by atoms with Gasteiger partial charge in [0.1, 0.15) is 5.75 Å². The summed E-state index contributed by atoms with van der Waals surface area (Å²) < 4.78 is 0. The average Bonchev–Trinajstić information content (AvgIpc) is 2.39. The van der Waals surface area contributed by atoms with Gasteiger partial charge in [0.15, 0.2) is 0 Å². The fourth-order valence-corrected chi connectivity index (χ4v) is 1.54. The van der Waals surface area contributed by atoms with Gasteiger partial charge in [0, 0.05) is 0 Å². The molecular formula is C15H11NO. The van der Waals surface area contributed by atoms with Crippen LogP contribution in [0.5, 0.6) is 5.75 Å². The quantitative estimate of drug-likeness (QED) is 0.623. The van der Waals surface area contributed by atoms with Crippen molar-refractivity contribution in [1.82, 2.24) is 0 Å². The number of nitriles is 1. The van der Waals surface area contributed by atoms with E-state index in [0.717, 1.165) is 11.1 Å². The molecule has 17 heavy (non-hydrogen) atoms. The molecule has 0 aliphatic carbocycles. The fourth-order valence-electron chi connectivity index (χ4n) is 1.54. The number of phenolic OH excluding ortho intramolecular Hbond substituents is 1. The Bertz CT molecular complexity index is 562. The van der Waals surface area contributed by atoms with Crippen molar-refractivity contribution >= 4 is 11.6 Å². The zero-order chi connectivity index (χ0) is 12.1. The molecule has 0 aliphatic rings. The van der Waals surface area contributed by atoms with Crippen LogP contribution in [0.3, 0.4) is 0 Å². The van der Waals surface area contributed by atoms with Crippen LogP contribution < -0.4 is 0 Å². The van der Waals surface area contributed by atoms with E-state index in [4.69, 9.17) is 5.26 Å². The van der Waals surface area contributed by atoms with Gasteiger partial charge >= 0.3 is 0 Å². The molecule has 2 aromatic rings. The van der Waals surface area contributed by atoms with Crippen LogP contribution in [0, 0.1) is 11.3 Å². The zero-order valence-corrected chi connectivity index (χ0v) is 9.17. The fraction of sp³-hybridized carbons (Fsp3) is 0. The molecular weight excluding hydrogens is 210 g/mol. The Morgan fingerprint density at radius 2 is 1.65 bits per heavy atom. The molecule has 82 valence electrons. The van der Waals surface area contributed by atoms with Crippen molar-refractivity contribution in [3.63, 3.8) is 0 Å². The summed E-state index contributed by atoms with van der Waals surface area (Å²) in [6.45, 7) is 0. The summed E-state index contributed by atoms with van der Waals surface area (Å²) >= 11 is 0. The molecule has 0 atom stereocenters. The molecule has 0 bridgehead atoms. The number of phenols is 1. The second-order valence-corrected chi connectivity index (χ2v) is 3.63. The van der Waals surface area contributed by atoms with Crippen molar-refractivity contribution in [3.8, 4) is 11.8 Å². The minimum atomic E-state index is 0.223. The molecule has 2 heteroatoms. The molecule has 0 unspecified atom stereocenters. The van der Waals surface area contributed by atoms with E-state index in [2.05, 4.69) is 6.07 Å². The third-order valence-corrected chi connectivity index (χ3v) is 2.41. The highest BCUT2D eigenvalue weighted by atomic mass is 16.3. The van der Waals surface area contributed by atoms with Gasteiger partial charge in [-0.15, -0.1) is 0 Å². The largest absolute Gasteiger partial charge is 0.508 e. The Morgan fingerprint density at radius 3 is 2.24 bits per heavy atom. The lowest BCUT2D eigenvalue weighted by molar-refractivity contribution is 0.475. The molecule has 0 fully saturated rings. The molecule has 1 N–H and O–H groups in total. The van der Waals surface area contributed by atoms with Gasteiger partial charge in [0.05, 0.1) is 11.6 Å². The van der Waals surface area contributed by atoms with E-state index in [1.807, 2.05) is 30.3 Å². The maximum atomic E-state index is 9.18. The van der Waals surface area contributed by atoms with Crippen LogP contribution in [-0.2, 0) is 0 Å². The van der Waals surface area contributed by atoms with Crippen molar-refractivity contribution in [3.05, 3.63) is 65.7 Å². The lowest BCUT2D eigenvalue weighted by Crippen LogP contribution is -1.80. The first kappa shape index (κ1) is 11.0. The van der Waals surface area contributed by atoms with Crippen molar-refractivity contribution in [2.24, 2.45) is 0 Å². The summed E-state index contributed by atoms with van der Waals surface area (Å²) in [6.07, 6.45) is 1.80. The normalized spacial score (nSPS) is 10.9. The molecule has 0 saturated carbocycles. The van der Waals surface area contributed by atoms with Crippen molar-refractivity contribution in [2.75, 3.05) is 0 Å². The van der Waals surface area contributed by atoms with Gasteiger partial charge in [-0.3, -0.25) is 0 Å². The number of rotatable bonds is 2. The summed E-state index contributed by atoms with van der Waals surface area (Å²) in [4.78, 5) is 0. The maximum Gasteiger partial charge on any atom is 0.115 e. The Labute approximate surface area is 100 Å². The van der Waals surface area contributed by atoms with Crippen molar-refractivity contribution in [2.45, 2.75) is 0 Å². The zero-order valence-electron chi connectivity index (χ0n) is 9.17. The Balaban J connectivity index is 2.37. The van der Waals surface area contributed by atoms with Gasteiger partial charge < -0.3 is 5.11 Å². The smallest absolute Gasteiger partial charge is 0.115 e. The van der Waals surface area contributed by atoms with E-state index < -0.39 is 0 Å². The summed E-state index contributed by atoms with van der Waals surface area (Å²) in [5, 5.41) is 18.3. The summed E-state index contributed by atoms with van der Waals surface area (Å²) in [5.41, 5.74) is 2.39. The molecule has 0 aliphatic heterocycles. The minimum absolute atomic E-state index is 0.223. The lowest BCUT2D eigenvalue weighted by Gasteiger charge is -1.99. The SMILES string of the molecule is N#CC(=Cc1ccc(O)cc1)c1ccccc1. The topological polar surface area (TPSA) is 44.0 Å². The van der Waals surface area contributed by atoms with Crippen LogP contribution in [0.25, 0.3) is 11.6 Å². The van der Waals surface area contributed by atoms with Crippen LogP contribution in [-0.4, -0.2) is 5.11 Å². The highest BCUT2D eigenvalue weighted by molar-refractivity contribution is 5.89. The van der Waals surface area contributed by atoms with Gasteiger partial charge in [-0.05, 0) is 29.3 Å². The predicted molar refractivity (Wildman–Crippen MR) is 68.0 cm³/mol. The van der Waals surface area contributed by atoms with E-state index in [9.17, 15) is 5.11 Å². The first-order valence-corrected chi connectivity index (χ1v) is 5.26. The summed E-state index contributed by atoms with van der Waals surface area (Å²) in [7, 11) is 0. The monoisotopic (exact) mass is 221 g/mol. The molecule has 0 aromatic heterocycles. The second kappa shape index (κ2) is 5.00. The van der Waals surface area contributed by atoms with E-state index in [1.165, 1.54) is 0 Å². The van der Waals surface area contributed by atoms with E-state index in [1.54, 1.807) is 30.3 Å². The first-order chi connectivity index (χ1) is 8.29. The van der Waals surface area contributed by atoms with E-state index >= 15 is 0 Å². The third-order valence-electron chi connectivity index (χ3n) is 2.41. The molecule has 0 saturated heterocycles. The third kappa shape index (κ3) is 2.73. The van der Waals surface area contributed by atoms with Gasteiger partial charge in [-0.2, -0.15) is 5.26 Å². The maximum absolute atomic E-state index is 9.18. The number of aromatic hydroxyl groups is 1. The lowest BCUT2D eigenvalue weighted by atomic mass is 10.0. The summed E-state index contributed by atoms with van der Waals surface area (Å²) in [6, 6.07) is 18.4. The van der Waals surface area contributed by atoms with Crippen LogP contribution in [0.2, 0.25) is 0 Å². The van der Waals surface area contributed by atoms with Gasteiger partial charge in [-0.25, -0.2) is 0 Å². The number of benzene rings is 2. The molecule has 0 amide bonds. The Kier molecular flexibility index (Phi) is 3.23. The average molecular weight is 221 g/mol. The highest BCUT2D eigenvalue weighted by Crippen LogP contribution is 2.18. The molecule has 2 nitrogen and oxygen atoms in total. The number of hydrogen-bond acceptors (Lipinski definition) is 2. The standard InChI is InChI=1S/C15H11NO/c16-11-14(13-4-2-1-3-5-13)10-12-6-8-15(17)9-7-12/h1-10,17H. The van der Waals surface area contributed by atoms with Gasteiger partial charge in [0.2, 0.25) is 0 Å². The van der Waals surface area contributed by atoms with Crippen LogP contribution >= 0.6 is 0 Å². The van der Waals surface area contributed by atoms with Gasteiger partial charge in [0.25, 0.3) is 0 Å². The van der Waals surface area contributed by atoms with Crippen molar-refractivity contribution < 1.29 is 5.11 Å². The minimum Gasteiger partial charge on any atom is -0.508 e. The number of hydrogen-bond donors (Lipinski definition) is 1. The van der Waals surface area contributed by atoms with Crippen LogP contribution in [0.4, 0.5) is 0 Å². The molecule has 0 spiro atoms. The van der Waals surface area contributed by atoms with E-state index in [-0.39, 0.29) is 5.75 Å². The van der Waals surface area contributed by atoms with Crippen LogP contribution in [0.1, 0.15) is 11.1 Å². The second-order valence-electron chi connectivity index (χ2n) is 3.63. The Morgan fingerprint density at radius 1 is 1.00 bits per heavy atom. The van der Waals surface area contributed by atoms with Crippen LogP contribution in [0.15, 0.2) is 54.6 Å². The predicted octanol–water partition coefficient (Wildman–Crippen LogP) is 3.46. The number of nitrogens with zero attached hydrogens (tertiary/aromatic N) is 1. The number of allylic oxidation sites excluding steroid dienone is 1. The highest BCUT2D eigenvalue weighted by Gasteiger charge is 1.99. The van der Waals surface area contributed by atoms with Crippen molar-refractivity contribution in [1.29, 1.82) is 5.26 Å². The molecule has 2 aromatic carbocycles. The molecule has 0 radical (unpaired) electrons.